The summed E-state index contributed by atoms with van der Waals surface area (Å²) in [5.41, 5.74) is 1.47. The molecule has 0 saturated carbocycles. The molecule has 1 N–H and O–H groups in total. The fourth-order valence-electron chi connectivity index (χ4n) is 3.28. The van der Waals surface area contributed by atoms with Crippen molar-refractivity contribution in [3.8, 4) is 0 Å². The minimum absolute atomic E-state index is 0. The van der Waals surface area contributed by atoms with Crippen LogP contribution in [0.2, 0.25) is 5.02 Å². The number of hydrogen-bond donors (Lipinski definition) is 1. The second-order valence-corrected chi connectivity index (χ2v) is 5.88. The third-order valence-corrected chi connectivity index (χ3v) is 4.46. The fourth-order valence-corrected chi connectivity index (χ4v) is 3.45. The van der Waals surface area contributed by atoms with E-state index in [0.717, 1.165) is 42.0 Å². The molecule has 2 aromatic carbocycles. The monoisotopic (exact) mass is 334 g/mol. The molecule has 0 radical (unpaired) electrons. The first-order valence-corrected chi connectivity index (χ1v) is 7.49. The third-order valence-electron chi connectivity index (χ3n) is 4.22. The Bertz CT molecular complexity index is 733. The van der Waals surface area contributed by atoms with Crippen molar-refractivity contribution in [2.45, 2.75) is 12.1 Å². The van der Waals surface area contributed by atoms with Crippen LogP contribution in [0.3, 0.4) is 0 Å². The maximum atomic E-state index is 11.5. The Hall–Kier alpha value is -1.55. The molecule has 0 amide bonds. The Morgan fingerprint density at radius 2 is 1.91 bits per heavy atom. The van der Waals surface area contributed by atoms with Crippen LogP contribution in [0.5, 0.6) is 0 Å². The summed E-state index contributed by atoms with van der Waals surface area (Å²) in [6.07, 6.45) is 0.945. The van der Waals surface area contributed by atoms with E-state index in [4.69, 9.17) is 11.6 Å². The van der Waals surface area contributed by atoms with E-state index in [1.54, 1.807) is 0 Å². The minimum Gasteiger partial charge on any atom is -0.363 e. The van der Waals surface area contributed by atoms with E-state index < -0.39 is 5.72 Å². The molecule has 0 fully saturated rings. The Balaban J connectivity index is 0.00000144. The van der Waals surface area contributed by atoms with Crippen molar-refractivity contribution < 1.29 is 5.11 Å². The zero-order chi connectivity index (χ0) is 14.4. The zero-order valence-electron chi connectivity index (χ0n) is 11.9. The number of fused-ring (bicyclic) bond motifs is 3. The molecule has 1 unspecified atom stereocenters. The maximum absolute atomic E-state index is 11.5. The first-order valence-electron chi connectivity index (χ1n) is 7.11. The lowest BCUT2D eigenvalue weighted by molar-refractivity contribution is -0.0317. The van der Waals surface area contributed by atoms with Gasteiger partial charge in [0.15, 0.2) is 5.72 Å². The largest absolute Gasteiger partial charge is 0.363 e. The minimum atomic E-state index is -1.18. The van der Waals surface area contributed by atoms with Gasteiger partial charge in [0, 0.05) is 34.8 Å². The van der Waals surface area contributed by atoms with Crippen molar-refractivity contribution in [2.75, 3.05) is 13.1 Å². The van der Waals surface area contributed by atoms with Gasteiger partial charge in [-0.3, -0.25) is 4.99 Å². The van der Waals surface area contributed by atoms with Gasteiger partial charge >= 0.3 is 0 Å². The third kappa shape index (κ3) is 2.04. The molecule has 4 rings (SSSR count). The first-order chi connectivity index (χ1) is 10.2. The van der Waals surface area contributed by atoms with E-state index in [1.807, 2.05) is 53.4 Å². The van der Waals surface area contributed by atoms with Gasteiger partial charge in [0.1, 0.15) is 5.84 Å². The van der Waals surface area contributed by atoms with Gasteiger partial charge in [0.25, 0.3) is 0 Å². The van der Waals surface area contributed by atoms with Crippen LogP contribution in [0.25, 0.3) is 0 Å². The highest BCUT2D eigenvalue weighted by molar-refractivity contribution is 6.30. The molecule has 2 heterocycles. The lowest BCUT2D eigenvalue weighted by Crippen LogP contribution is -2.47. The number of benzene rings is 2. The van der Waals surface area contributed by atoms with Gasteiger partial charge in [-0.15, -0.1) is 12.4 Å². The Labute approximate surface area is 140 Å². The Kier molecular flexibility index (Phi) is 3.89. The smallest absolute Gasteiger partial charge is 0.193 e. The van der Waals surface area contributed by atoms with E-state index in [9.17, 15) is 5.11 Å². The van der Waals surface area contributed by atoms with Crippen LogP contribution >= 0.6 is 24.0 Å². The molecule has 0 aliphatic carbocycles. The number of rotatable bonds is 1. The molecular weight excluding hydrogens is 319 g/mol. The van der Waals surface area contributed by atoms with Crippen molar-refractivity contribution in [3.63, 3.8) is 0 Å². The van der Waals surface area contributed by atoms with Crippen LogP contribution < -0.4 is 0 Å². The van der Waals surface area contributed by atoms with Crippen molar-refractivity contribution in [1.29, 1.82) is 0 Å². The molecule has 3 nitrogen and oxygen atoms in total. The molecule has 114 valence electrons. The van der Waals surface area contributed by atoms with Crippen LogP contribution in [-0.2, 0) is 5.72 Å². The van der Waals surface area contributed by atoms with Gasteiger partial charge in [-0.1, -0.05) is 41.9 Å². The van der Waals surface area contributed by atoms with E-state index in [1.165, 1.54) is 0 Å². The lowest BCUT2D eigenvalue weighted by Gasteiger charge is -2.37. The highest BCUT2D eigenvalue weighted by Crippen LogP contribution is 2.44. The molecule has 22 heavy (non-hydrogen) atoms. The number of aliphatic hydroxyl groups is 1. The summed E-state index contributed by atoms with van der Waals surface area (Å²) in [5.74, 6) is 0.874. The molecule has 1 atom stereocenters. The SMILES string of the molecule is Cl.OC1(c2ccccc2)c2cc(Cl)ccc2C2=NCCCN21. The average molecular weight is 335 g/mol. The molecule has 0 bridgehead atoms. The molecule has 0 saturated heterocycles. The number of aliphatic imine (C=N–C) groups is 1. The number of hydrogen-bond acceptors (Lipinski definition) is 3. The first kappa shape index (κ1) is 15.3. The van der Waals surface area contributed by atoms with Gasteiger partial charge in [-0.2, -0.15) is 0 Å². The number of halogens is 2. The quantitative estimate of drug-likeness (QED) is 0.867. The average Bonchev–Trinajstić information content (AvgIpc) is 2.79. The normalized spacial score (nSPS) is 22.5. The molecule has 2 aliphatic rings. The second kappa shape index (κ2) is 5.58. The molecule has 0 aromatic heterocycles. The van der Waals surface area contributed by atoms with Crippen LogP contribution in [0.1, 0.15) is 23.1 Å². The van der Waals surface area contributed by atoms with Gasteiger partial charge < -0.3 is 10.0 Å². The molecule has 2 aliphatic heterocycles. The Morgan fingerprint density at radius 1 is 1.14 bits per heavy atom. The van der Waals surface area contributed by atoms with Gasteiger partial charge in [0.05, 0.1) is 0 Å². The summed E-state index contributed by atoms with van der Waals surface area (Å²) in [7, 11) is 0. The number of amidine groups is 1. The highest BCUT2D eigenvalue weighted by atomic mass is 35.5. The van der Waals surface area contributed by atoms with Crippen molar-refractivity contribution in [2.24, 2.45) is 4.99 Å². The second-order valence-electron chi connectivity index (χ2n) is 5.44. The van der Waals surface area contributed by atoms with Gasteiger partial charge in [-0.25, -0.2) is 0 Å². The fraction of sp³-hybridized carbons (Fsp3) is 0.235. The highest BCUT2D eigenvalue weighted by Gasteiger charge is 2.48. The van der Waals surface area contributed by atoms with Gasteiger partial charge in [0.2, 0.25) is 0 Å². The summed E-state index contributed by atoms with van der Waals surface area (Å²) in [6, 6.07) is 15.4. The van der Waals surface area contributed by atoms with Gasteiger partial charge in [-0.05, 0) is 24.6 Å². The van der Waals surface area contributed by atoms with Crippen LogP contribution in [0.15, 0.2) is 53.5 Å². The standard InChI is InChI=1S/C17H15ClN2O.ClH/c18-13-7-8-14-15(11-13)17(21,12-5-2-1-3-6-12)20-10-4-9-19-16(14)20;/h1-3,5-8,11,21H,4,9-10H2;1H. The van der Waals surface area contributed by atoms with Crippen molar-refractivity contribution in [1.82, 2.24) is 4.90 Å². The molecule has 2 aromatic rings. The topological polar surface area (TPSA) is 35.8 Å². The van der Waals surface area contributed by atoms with E-state index in [2.05, 4.69) is 4.99 Å². The summed E-state index contributed by atoms with van der Waals surface area (Å²) >= 11 is 6.17. The van der Waals surface area contributed by atoms with E-state index in [-0.39, 0.29) is 12.4 Å². The summed E-state index contributed by atoms with van der Waals surface area (Å²) in [6.45, 7) is 1.59. The summed E-state index contributed by atoms with van der Waals surface area (Å²) in [4.78, 5) is 6.62. The molecule has 0 spiro atoms. The predicted molar refractivity (Wildman–Crippen MR) is 90.9 cm³/mol. The van der Waals surface area contributed by atoms with E-state index in [0.29, 0.717) is 5.02 Å². The van der Waals surface area contributed by atoms with Crippen LogP contribution in [0.4, 0.5) is 0 Å². The molecule has 5 heteroatoms. The summed E-state index contributed by atoms with van der Waals surface area (Å²) < 4.78 is 0. The van der Waals surface area contributed by atoms with E-state index >= 15 is 0 Å². The summed E-state index contributed by atoms with van der Waals surface area (Å²) in [5, 5.41) is 12.1. The van der Waals surface area contributed by atoms with Crippen molar-refractivity contribution in [3.05, 3.63) is 70.2 Å². The lowest BCUT2D eigenvalue weighted by atomic mass is 9.94. The maximum Gasteiger partial charge on any atom is 0.193 e. The number of nitrogens with zero attached hydrogens (tertiary/aromatic N) is 2. The van der Waals surface area contributed by atoms with Crippen molar-refractivity contribution >= 4 is 29.8 Å². The predicted octanol–water partition coefficient (Wildman–Crippen LogP) is 3.42. The van der Waals surface area contributed by atoms with Crippen LogP contribution in [-0.4, -0.2) is 28.9 Å². The molecular formula is C17H16Cl2N2O. The zero-order valence-corrected chi connectivity index (χ0v) is 13.4. The van der Waals surface area contributed by atoms with Crippen LogP contribution in [0, 0.1) is 0 Å². The Morgan fingerprint density at radius 3 is 2.68 bits per heavy atom.